The highest BCUT2D eigenvalue weighted by atomic mass is 32.2. The van der Waals surface area contributed by atoms with Crippen molar-refractivity contribution in [1.82, 2.24) is 15.2 Å². The Balaban J connectivity index is 1.96. The van der Waals surface area contributed by atoms with Crippen molar-refractivity contribution < 1.29 is 22.7 Å². The Morgan fingerprint density at radius 3 is 2.83 bits per heavy atom. The summed E-state index contributed by atoms with van der Waals surface area (Å²) < 4.78 is 42.4. The number of anilines is 1. The smallest absolute Gasteiger partial charge is 0.417 e. The van der Waals surface area contributed by atoms with Gasteiger partial charge in [0.1, 0.15) is 11.6 Å². The molecule has 2 heterocycles. The predicted molar refractivity (Wildman–Crippen MR) is 78.4 cm³/mol. The molecule has 2 aromatic heterocycles. The molecular formula is C12H9F3N4O2S2. The van der Waals surface area contributed by atoms with Crippen LogP contribution in [0.4, 0.5) is 23.1 Å². The summed E-state index contributed by atoms with van der Waals surface area (Å²) in [6, 6.07) is 2.17. The molecule has 11 heteroatoms. The molecule has 0 aliphatic carbocycles. The monoisotopic (exact) mass is 362 g/mol. The van der Waals surface area contributed by atoms with Gasteiger partial charge in [-0.15, -0.1) is 10.2 Å². The van der Waals surface area contributed by atoms with Crippen molar-refractivity contribution >= 4 is 34.3 Å². The molecule has 0 saturated heterocycles. The van der Waals surface area contributed by atoms with E-state index in [-0.39, 0.29) is 11.7 Å². The van der Waals surface area contributed by atoms with Crippen LogP contribution >= 0.6 is 23.1 Å². The van der Waals surface area contributed by atoms with Crippen LogP contribution in [0.5, 0.6) is 0 Å². The zero-order valence-electron chi connectivity index (χ0n) is 11.3. The summed E-state index contributed by atoms with van der Waals surface area (Å²) >= 11 is 2.07. The van der Waals surface area contributed by atoms with E-state index in [1.54, 1.807) is 0 Å². The molecule has 0 bridgehead atoms. The van der Waals surface area contributed by atoms with Gasteiger partial charge < -0.3 is 4.74 Å². The minimum atomic E-state index is -4.43. The van der Waals surface area contributed by atoms with E-state index in [0.717, 1.165) is 35.4 Å². The largest absolute Gasteiger partial charge is 0.445 e. The average Bonchev–Trinajstić information content (AvgIpc) is 2.91. The maximum Gasteiger partial charge on any atom is 0.417 e. The number of hydrogen-bond donors (Lipinski definition) is 1. The Bertz CT molecular complexity index is 688. The number of amides is 1. The fourth-order valence-corrected chi connectivity index (χ4v) is 2.88. The summed E-state index contributed by atoms with van der Waals surface area (Å²) in [7, 11) is 0. The summed E-state index contributed by atoms with van der Waals surface area (Å²) in [5.41, 5.74) is -0.827. The van der Waals surface area contributed by atoms with Gasteiger partial charge in [-0.05, 0) is 23.9 Å². The van der Waals surface area contributed by atoms with Crippen molar-refractivity contribution in [2.24, 2.45) is 0 Å². The molecule has 122 valence electrons. The fourth-order valence-electron chi connectivity index (χ4n) is 1.26. The SMILES string of the molecule is C=CCOC(=O)Nc1nnc(Sc2ccc(C(F)(F)F)cn2)s1. The highest BCUT2D eigenvalue weighted by Gasteiger charge is 2.30. The second kappa shape index (κ2) is 7.42. The maximum atomic E-state index is 12.4. The first-order valence-corrected chi connectivity index (χ1v) is 7.61. The number of alkyl halides is 3. The predicted octanol–water partition coefficient (Wildman–Crippen LogP) is 3.84. The number of pyridine rings is 1. The summed E-state index contributed by atoms with van der Waals surface area (Å²) in [6.45, 7) is 3.46. The van der Waals surface area contributed by atoms with Gasteiger partial charge in [0.15, 0.2) is 4.34 Å². The first-order chi connectivity index (χ1) is 10.9. The number of carbonyl (C=O) groups excluding carboxylic acids is 1. The molecule has 0 fully saturated rings. The zero-order chi connectivity index (χ0) is 16.9. The first kappa shape index (κ1) is 17.2. The Morgan fingerprint density at radius 1 is 1.43 bits per heavy atom. The van der Waals surface area contributed by atoms with E-state index in [1.165, 1.54) is 12.1 Å². The van der Waals surface area contributed by atoms with Gasteiger partial charge in [-0.1, -0.05) is 24.0 Å². The molecule has 0 spiro atoms. The highest BCUT2D eigenvalue weighted by Crippen LogP contribution is 2.33. The number of nitrogens with one attached hydrogen (secondary N) is 1. The molecule has 0 radical (unpaired) electrons. The molecule has 23 heavy (non-hydrogen) atoms. The summed E-state index contributed by atoms with van der Waals surface area (Å²) in [4.78, 5) is 15.0. The number of nitrogens with zero attached hydrogens (tertiary/aromatic N) is 3. The summed E-state index contributed by atoms with van der Waals surface area (Å²) in [6.07, 6.45) is -2.97. The Labute approximate surface area is 136 Å². The Hall–Kier alpha value is -2.14. The van der Waals surface area contributed by atoms with Crippen LogP contribution in [-0.4, -0.2) is 27.9 Å². The number of ether oxygens (including phenoxy) is 1. The molecule has 1 amide bonds. The van der Waals surface area contributed by atoms with Gasteiger partial charge in [-0.2, -0.15) is 13.2 Å². The third kappa shape index (κ3) is 5.21. The minimum absolute atomic E-state index is 0.0573. The van der Waals surface area contributed by atoms with Crippen LogP contribution in [0.1, 0.15) is 5.56 Å². The normalized spacial score (nSPS) is 11.1. The zero-order valence-corrected chi connectivity index (χ0v) is 13.0. The second-order valence-electron chi connectivity index (χ2n) is 3.87. The number of carbonyl (C=O) groups is 1. The van der Waals surface area contributed by atoms with E-state index in [1.807, 2.05) is 0 Å². The van der Waals surface area contributed by atoms with E-state index >= 15 is 0 Å². The Kier molecular flexibility index (Phi) is 5.55. The van der Waals surface area contributed by atoms with E-state index in [9.17, 15) is 18.0 Å². The third-order valence-electron chi connectivity index (χ3n) is 2.20. The van der Waals surface area contributed by atoms with Crippen LogP contribution < -0.4 is 5.32 Å². The molecule has 2 rings (SSSR count). The molecule has 1 N–H and O–H groups in total. The van der Waals surface area contributed by atoms with Gasteiger partial charge >= 0.3 is 12.3 Å². The lowest BCUT2D eigenvalue weighted by Crippen LogP contribution is -2.13. The summed E-state index contributed by atoms with van der Waals surface area (Å²) in [5.74, 6) is 0. The lowest BCUT2D eigenvalue weighted by Gasteiger charge is -2.05. The van der Waals surface area contributed by atoms with Crippen molar-refractivity contribution in [2.45, 2.75) is 15.5 Å². The molecule has 0 aliphatic rings. The summed E-state index contributed by atoms with van der Waals surface area (Å²) in [5, 5.41) is 10.4. The van der Waals surface area contributed by atoms with Crippen LogP contribution in [-0.2, 0) is 10.9 Å². The van der Waals surface area contributed by atoms with Crippen LogP contribution in [0.15, 0.2) is 40.4 Å². The van der Waals surface area contributed by atoms with Crippen LogP contribution in [0.3, 0.4) is 0 Å². The van der Waals surface area contributed by atoms with Crippen LogP contribution in [0, 0.1) is 0 Å². The van der Waals surface area contributed by atoms with E-state index in [4.69, 9.17) is 4.74 Å². The molecule has 0 saturated carbocycles. The van der Waals surface area contributed by atoms with Gasteiger partial charge in [-0.25, -0.2) is 9.78 Å². The van der Waals surface area contributed by atoms with E-state index in [2.05, 4.69) is 27.1 Å². The van der Waals surface area contributed by atoms with Crippen molar-refractivity contribution in [1.29, 1.82) is 0 Å². The molecule has 2 aromatic rings. The quantitative estimate of drug-likeness (QED) is 0.643. The molecule has 0 aromatic carbocycles. The number of hydrogen-bond acceptors (Lipinski definition) is 7. The number of aromatic nitrogens is 3. The molecular weight excluding hydrogens is 353 g/mol. The molecule has 0 aliphatic heterocycles. The maximum absolute atomic E-state index is 12.4. The van der Waals surface area contributed by atoms with Gasteiger partial charge in [0, 0.05) is 6.20 Å². The third-order valence-corrected chi connectivity index (χ3v) is 4.04. The van der Waals surface area contributed by atoms with Gasteiger partial charge in [0.25, 0.3) is 0 Å². The fraction of sp³-hybridized carbons (Fsp3) is 0.167. The van der Waals surface area contributed by atoms with Crippen molar-refractivity contribution in [2.75, 3.05) is 11.9 Å². The van der Waals surface area contributed by atoms with Crippen molar-refractivity contribution in [3.8, 4) is 0 Å². The molecule has 0 atom stereocenters. The average molecular weight is 362 g/mol. The second-order valence-corrected chi connectivity index (χ2v) is 6.12. The van der Waals surface area contributed by atoms with Crippen molar-refractivity contribution in [3.63, 3.8) is 0 Å². The molecule has 0 unspecified atom stereocenters. The minimum Gasteiger partial charge on any atom is -0.445 e. The van der Waals surface area contributed by atoms with Gasteiger partial charge in [0.05, 0.1) is 5.56 Å². The van der Waals surface area contributed by atoms with Gasteiger partial charge in [0.2, 0.25) is 5.13 Å². The van der Waals surface area contributed by atoms with Crippen LogP contribution in [0.25, 0.3) is 0 Å². The van der Waals surface area contributed by atoms with Crippen LogP contribution in [0.2, 0.25) is 0 Å². The lowest BCUT2D eigenvalue weighted by molar-refractivity contribution is -0.137. The van der Waals surface area contributed by atoms with E-state index in [0.29, 0.717) is 9.37 Å². The standard InChI is InChI=1S/C12H9F3N4O2S2/c1-2-5-21-10(20)17-9-18-19-11(23-9)22-8-4-3-7(6-16-8)12(13,14)15/h2-4,6H,1,5H2,(H,17,18,20). The number of rotatable bonds is 5. The van der Waals surface area contributed by atoms with Crippen molar-refractivity contribution in [3.05, 3.63) is 36.5 Å². The first-order valence-electron chi connectivity index (χ1n) is 5.98. The molecule has 6 nitrogen and oxygen atoms in total. The highest BCUT2D eigenvalue weighted by molar-refractivity contribution is 8.01. The number of halogens is 3. The topological polar surface area (TPSA) is 77.0 Å². The van der Waals surface area contributed by atoms with Gasteiger partial charge in [-0.3, -0.25) is 5.32 Å². The lowest BCUT2D eigenvalue weighted by atomic mass is 10.3. The van der Waals surface area contributed by atoms with E-state index < -0.39 is 17.8 Å². The Morgan fingerprint density at radius 2 is 2.22 bits per heavy atom.